The van der Waals surface area contributed by atoms with E-state index in [-0.39, 0.29) is 25.5 Å². The van der Waals surface area contributed by atoms with Crippen LogP contribution in [0.3, 0.4) is 0 Å². The van der Waals surface area contributed by atoms with Gasteiger partial charge in [0.25, 0.3) is 7.82 Å². The number of aromatic amines is 1. The van der Waals surface area contributed by atoms with Crippen molar-refractivity contribution in [1.29, 1.82) is 0 Å². The number of fused-ring (bicyclic) bond motifs is 2. The Bertz CT molecular complexity index is 1550. The summed E-state index contributed by atoms with van der Waals surface area (Å²) in [5.74, 6) is 0.698. The molecule has 3 heterocycles. The number of methoxy groups -OCH3 is 1. The van der Waals surface area contributed by atoms with E-state index in [0.717, 1.165) is 56.5 Å². The first-order valence-corrected chi connectivity index (χ1v) is 16.1. The lowest BCUT2D eigenvalue weighted by Gasteiger charge is -2.46. The number of pyridine rings is 1. The molecule has 10 nitrogen and oxygen atoms in total. The molecule has 1 aliphatic heterocycles. The number of unbranched alkanes of at least 4 members (excludes halogenated alkanes) is 1. The van der Waals surface area contributed by atoms with Gasteiger partial charge in [0.2, 0.25) is 5.56 Å². The highest BCUT2D eigenvalue weighted by Crippen LogP contribution is 2.39. The maximum Gasteiger partial charge on any atom is 0.272 e. The highest BCUT2D eigenvalue weighted by molar-refractivity contribution is 7.45. The molecule has 1 unspecified atom stereocenters. The van der Waals surface area contributed by atoms with Gasteiger partial charge in [-0.3, -0.25) is 18.4 Å². The summed E-state index contributed by atoms with van der Waals surface area (Å²) in [6.45, 7) is 4.47. The predicted molar refractivity (Wildman–Crippen MR) is 160 cm³/mol. The van der Waals surface area contributed by atoms with E-state index in [1.54, 1.807) is 17.4 Å². The Kier molecular flexibility index (Phi) is 9.77. The van der Waals surface area contributed by atoms with Gasteiger partial charge in [0.05, 0.1) is 58.1 Å². The molecule has 4 aromatic rings. The van der Waals surface area contributed by atoms with Crippen molar-refractivity contribution in [3.8, 4) is 5.75 Å². The summed E-state index contributed by atoms with van der Waals surface area (Å²) in [7, 11) is -2.96. The SMILES string of the molecule is COCCOP(=O)([O-])OC[N+]1(CCCCOc2ccc3ccc(=O)[nH]c3c2)CCN(c2cccc3sccc23)CC1. The van der Waals surface area contributed by atoms with Crippen molar-refractivity contribution in [3.63, 3.8) is 0 Å². The zero-order valence-corrected chi connectivity index (χ0v) is 24.9. The maximum atomic E-state index is 12.4. The molecular formula is C29H36N3O7PS. The van der Waals surface area contributed by atoms with E-state index >= 15 is 0 Å². The van der Waals surface area contributed by atoms with Crippen molar-refractivity contribution in [2.24, 2.45) is 0 Å². The number of phosphoric ester groups is 1. The van der Waals surface area contributed by atoms with Gasteiger partial charge in [0, 0.05) is 35.0 Å². The summed E-state index contributed by atoms with van der Waals surface area (Å²) in [6.07, 6.45) is 1.63. The van der Waals surface area contributed by atoms with Crippen LogP contribution in [0.25, 0.3) is 21.0 Å². The molecular weight excluding hydrogens is 565 g/mol. The van der Waals surface area contributed by atoms with E-state index in [9.17, 15) is 14.3 Å². The molecule has 220 valence electrons. The zero-order chi connectivity index (χ0) is 28.7. The summed E-state index contributed by atoms with van der Waals surface area (Å²) in [4.78, 5) is 29.3. The Morgan fingerprint density at radius 3 is 2.68 bits per heavy atom. The Morgan fingerprint density at radius 2 is 1.85 bits per heavy atom. The van der Waals surface area contributed by atoms with E-state index in [1.807, 2.05) is 18.2 Å². The monoisotopic (exact) mass is 601 g/mol. The van der Waals surface area contributed by atoms with Gasteiger partial charge in [-0.1, -0.05) is 6.07 Å². The molecule has 12 heteroatoms. The van der Waals surface area contributed by atoms with Crippen LogP contribution in [0.4, 0.5) is 5.69 Å². The second-order valence-electron chi connectivity index (χ2n) is 10.3. The molecule has 0 spiro atoms. The van der Waals surface area contributed by atoms with E-state index in [2.05, 4.69) is 39.5 Å². The van der Waals surface area contributed by atoms with Gasteiger partial charge in [-0.15, -0.1) is 11.3 Å². The lowest BCUT2D eigenvalue weighted by Crippen LogP contribution is -2.61. The molecule has 0 saturated carbocycles. The quantitative estimate of drug-likeness (QED) is 0.129. The number of hydrogen-bond acceptors (Lipinski definition) is 9. The molecule has 0 aliphatic carbocycles. The topological polar surface area (TPSA) is 113 Å². The van der Waals surface area contributed by atoms with Crippen molar-refractivity contribution >= 4 is 45.8 Å². The van der Waals surface area contributed by atoms with E-state index in [4.69, 9.17) is 18.5 Å². The fourth-order valence-electron chi connectivity index (χ4n) is 5.22. The van der Waals surface area contributed by atoms with Gasteiger partial charge in [-0.05, 0) is 60.0 Å². The van der Waals surface area contributed by atoms with Crippen LogP contribution < -0.4 is 20.1 Å². The molecule has 1 fully saturated rings. The predicted octanol–water partition coefficient (Wildman–Crippen LogP) is 4.34. The van der Waals surface area contributed by atoms with Gasteiger partial charge in [-0.2, -0.15) is 0 Å². The zero-order valence-electron chi connectivity index (χ0n) is 23.2. The first-order valence-electron chi connectivity index (χ1n) is 13.8. The molecule has 2 aromatic heterocycles. The molecule has 2 aromatic carbocycles. The summed E-state index contributed by atoms with van der Waals surface area (Å²) in [5, 5.41) is 4.31. The van der Waals surface area contributed by atoms with Crippen LogP contribution in [0.2, 0.25) is 0 Å². The number of ether oxygens (including phenoxy) is 2. The van der Waals surface area contributed by atoms with E-state index in [1.165, 1.54) is 28.9 Å². The molecule has 1 atom stereocenters. The van der Waals surface area contributed by atoms with Gasteiger partial charge in [-0.25, -0.2) is 0 Å². The van der Waals surface area contributed by atoms with Crippen LogP contribution in [-0.4, -0.2) is 75.9 Å². The number of H-pyrrole nitrogens is 1. The fraction of sp³-hybridized carbons (Fsp3) is 0.414. The number of piperazine rings is 1. The smallest absolute Gasteiger partial charge is 0.272 e. The highest BCUT2D eigenvalue weighted by atomic mass is 32.1. The number of rotatable bonds is 14. The van der Waals surface area contributed by atoms with Crippen molar-refractivity contribution in [2.75, 3.05) is 71.3 Å². The summed E-state index contributed by atoms with van der Waals surface area (Å²) in [5.41, 5.74) is 1.80. The number of phosphoric acid groups is 1. The van der Waals surface area contributed by atoms with Gasteiger partial charge in [0.15, 0.2) is 6.73 Å². The Balaban J connectivity index is 1.19. The number of benzene rings is 2. The number of hydrogen-bond donors (Lipinski definition) is 1. The number of quaternary nitrogens is 1. The van der Waals surface area contributed by atoms with E-state index in [0.29, 0.717) is 16.8 Å². The second kappa shape index (κ2) is 13.5. The Morgan fingerprint density at radius 1 is 1.02 bits per heavy atom. The minimum absolute atomic E-state index is 0.0309. The molecule has 0 bridgehead atoms. The van der Waals surface area contributed by atoms with Gasteiger partial charge < -0.3 is 28.8 Å². The number of nitrogens with one attached hydrogen (secondary N) is 1. The molecule has 0 amide bonds. The molecule has 5 rings (SSSR count). The summed E-state index contributed by atoms with van der Waals surface area (Å²) < 4.78 is 35.4. The first-order chi connectivity index (χ1) is 19.9. The summed E-state index contributed by atoms with van der Waals surface area (Å²) >= 11 is 1.73. The second-order valence-corrected chi connectivity index (χ2v) is 12.6. The normalized spacial score (nSPS) is 16.7. The molecule has 1 N–H and O–H groups in total. The molecule has 0 radical (unpaired) electrons. The lowest BCUT2D eigenvalue weighted by molar-refractivity contribution is -0.943. The van der Waals surface area contributed by atoms with Crippen molar-refractivity contribution in [3.05, 3.63) is 70.3 Å². The van der Waals surface area contributed by atoms with Crippen LogP contribution in [0.1, 0.15) is 12.8 Å². The molecule has 1 aliphatic rings. The number of aromatic nitrogens is 1. The average Bonchev–Trinajstić information content (AvgIpc) is 3.46. The van der Waals surface area contributed by atoms with Crippen LogP contribution >= 0.6 is 19.2 Å². The maximum absolute atomic E-state index is 12.4. The van der Waals surface area contributed by atoms with Gasteiger partial charge in [0.1, 0.15) is 5.75 Å². The average molecular weight is 602 g/mol. The summed E-state index contributed by atoms with van der Waals surface area (Å²) in [6, 6.07) is 17.5. The van der Waals surface area contributed by atoms with Crippen LogP contribution in [0, 0.1) is 0 Å². The minimum Gasteiger partial charge on any atom is -0.756 e. The third-order valence-corrected chi connectivity index (χ3v) is 9.33. The largest absolute Gasteiger partial charge is 0.756 e. The fourth-order valence-corrected chi connectivity index (χ4v) is 6.79. The van der Waals surface area contributed by atoms with Crippen molar-refractivity contribution in [2.45, 2.75) is 12.8 Å². The standard InChI is InChI=1S/C29H36N3O7PS/c1-36-18-19-38-40(34,35)39-22-32(15-12-31(13-16-32)27-5-4-6-28-25(27)11-20-41-28)14-2-3-17-37-24-9-7-23-8-10-29(33)30-26(23)21-24/h4-11,20-21H,2-3,12-19,22H2,1H3,(H-,30,33,34,35). The first kappa shape index (κ1) is 29.7. The number of thiophene rings is 1. The minimum atomic E-state index is -4.45. The van der Waals surface area contributed by atoms with Crippen LogP contribution in [-0.2, 0) is 18.3 Å². The molecule has 41 heavy (non-hydrogen) atoms. The van der Waals surface area contributed by atoms with Crippen LogP contribution in [0.15, 0.2) is 64.8 Å². The highest BCUT2D eigenvalue weighted by Gasteiger charge is 2.34. The number of anilines is 1. The third-order valence-electron chi connectivity index (χ3n) is 7.52. The van der Waals surface area contributed by atoms with Crippen molar-refractivity contribution < 1.29 is 32.5 Å². The lowest BCUT2D eigenvalue weighted by atomic mass is 10.1. The Hall–Kier alpha value is -2.76. The Labute approximate surface area is 243 Å². The van der Waals surface area contributed by atoms with E-state index < -0.39 is 7.82 Å². The number of nitrogens with zero attached hydrogens (tertiary/aromatic N) is 2. The molecule has 1 saturated heterocycles. The third kappa shape index (κ3) is 7.75. The van der Waals surface area contributed by atoms with Crippen molar-refractivity contribution in [1.82, 2.24) is 4.98 Å². The van der Waals surface area contributed by atoms with Gasteiger partial charge >= 0.3 is 0 Å². The van der Waals surface area contributed by atoms with Crippen LogP contribution in [0.5, 0.6) is 5.75 Å².